The molecule has 7 nitrogen and oxygen atoms in total. The maximum absolute atomic E-state index is 11.7. The number of carbonyl (C=O) groups is 1. The first-order chi connectivity index (χ1) is 7.54. The molecule has 2 rings (SSSR count). The topological polar surface area (TPSA) is 114 Å². The third-order valence-electron chi connectivity index (χ3n) is 1.98. The third-order valence-corrected chi connectivity index (χ3v) is 3.31. The predicted octanol–water partition coefficient (Wildman–Crippen LogP) is -0.811. The molecule has 16 heavy (non-hydrogen) atoms. The molecule has 0 unspecified atom stereocenters. The van der Waals surface area contributed by atoms with Crippen LogP contribution in [-0.4, -0.2) is 20.2 Å². The number of amides is 1. The van der Waals surface area contributed by atoms with Gasteiger partial charge in [0.05, 0.1) is 5.69 Å². The number of nitrogens with one attached hydrogen (secondary N) is 2. The Morgan fingerprint density at radius 2 is 2.06 bits per heavy atom. The molecule has 84 valence electrons. The highest BCUT2D eigenvalue weighted by Crippen LogP contribution is 2.26. The second kappa shape index (κ2) is 3.58. The number of amidine groups is 1. The molecule has 0 aliphatic carbocycles. The number of rotatable bonds is 1. The molecule has 0 bridgehead atoms. The van der Waals surface area contributed by atoms with Gasteiger partial charge in [0.2, 0.25) is 5.84 Å². The van der Waals surface area contributed by atoms with E-state index in [2.05, 4.69) is 9.71 Å². The Balaban J connectivity index is 2.56. The van der Waals surface area contributed by atoms with Gasteiger partial charge in [0, 0.05) is 0 Å². The quantitative estimate of drug-likeness (QED) is 0.337. The van der Waals surface area contributed by atoms with Gasteiger partial charge in [-0.25, -0.2) is 5.84 Å². The highest BCUT2D eigenvalue weighted by molar-refractivity contribution is 7.90. The Morgan fingerprint density at radius 1 is 1.38 bits per heavy atom. The van der Waals surface area contributed by atoms with Gasteiger partial charge in [-0.2, -0.15) is 8.42 Å². The van der Waals surface area contributed by atoms with E-state index < -0.39 is 15.9 Å². The summed E-state index contributed by atoms with van der Waals surface area (Å²) in [7, 11) is -3.84. The van der Waals surface area contributed by atoms with Crippen LogP contribution in [-0.2, 0) is 14.8 Å². The van der Waals surface area contributed by atoms with Crippen molar-refractivity contribution in [2.24, 2.45) is 10.2 Å². The number of hydrogen-bond donors (Lipinski definition) is 3. The van der Waals surface area contributed by atoms with Gasteiger partial charge >= 0.3 is 5.91 Å². The molecular formula is C8H8N4O3S. The summed E-state index contributed by atoms with van der Waals surface area (Å²) >= 11 is 0. The van der Waals surface area contributed by atoms with Crippen molar-refractivity contribution in [1.82, 2.24) is 5.43 Å². The molecular weight excluding hydrogens is 232 g/mol. The van der Waals surface area contributed by atoms with Gasteiger partial charge in [0.1, 0.15) is 4.90 Å². The molecule has 1 heterocycles. The number of nitrogens with zero attached hydrogens (tertiary/aromatic N) is 1. The zero-order chi connectivity index (χ0) is 11.8. The fraction of sp³-hybridized carbons (Fsp3) is 0. The number of hydrazine groups is 1. The monoisotopic (exact) mass is 240 g/mol. The lowest BCUT2D eigenvalue weighted by atomic mass is 10.3. The van der Waals surface area contributed by atoms with E-state index in [1.54, 1.807) is 17.6 Å². The van der Waals surface area contributed by atoms with Crippen LogP contribution in [0.2, 0.25) is 0 Å². The average molecular weight is 240 g/mol. The number of para-hydroxylation sites is 1. The van der Waals surface area contributed by atoms with E-state index in [0.29, 0.717) is 5.69 Å². The van der Waals surface area contributed by atoms with E-state index in [9.17, 15) is 13.2 Å². The zero-order valence-corrected chi connectivity index (χ0v) is 8.78. The third kappa shape index (κ3) is 1.64. The van der Waals surface area contributed by atoms with E-state index in [1.165, 1.54) is 12.1 Å². The second-order valence-electron chi connectivity index (χ2n) is 3.01. The van der Waals surface area contributed by atoms with Crippen LogP contribution in [0.25, 0.3) is 0 Å². The van der Waals surface area contributed by atoms with Gasteiger partial charge < -0.3 is 5.32 Å². The van der Waals surface area contributed by atoms with Crippen molar-refractivity contribution in [3.63, 3.8) is 0 Å². The molecule has 1 aromatic rings. The van der Waals surface area contributed by atoms with Crippen LogP contribution >= 0.6 is 0 Å². The van der Waals surface area contributed by atoms with E-state index in [-0.39, 0.29) is 10.7 Å². The van der Waals surface area contributed by atoms with E-state index in [0.717, 1.165) is 0 Å². The SMILES string of the molecule is NNC(=O)C1=NS(=O)(=O)c2ccccc2N1. The van der Waals surface area contributed by atoms with E-state index in [1.807, 2.05) is 0 Å². The Labute approximate surface area is 91.4 Å². The minimum atomic E-state index is -3.84. The lowest BCUT2D eigenvalue weighted by Crippen LogP contribution is -2.41. The highest BCUT2D eigenvalue weighted by atomic mass is 32.2. The number of sulfonamides is 1. The Hall–Kier alpha value is -1.93. The fourth-order valence-corrected chi connectivity index (χ4v) is 2.40. The summed E-state index contributed by atoms with van der Waals surface area (Å²) < 4.78 is 26.6. The first kappa shape index (κ1) is 10.6. The Morgan fingerprint density at radius 3 is 2.75 bits per heavy atom. The number of carbonyl (C=O) groups excluding carboxylic acids is 1. The summed E-state index contributed by atoms with van der Waals surface area (Å²) in [6.45, 7) is 0. The molecule has 1 aliphatic heterocycles. The summed E-state index contributed by atoms with van der Waals surface area (Å²) in [6.07, 6.45) is 0. The van der Waals surface area contributed by atoms with Crippen LogP contribution in [0, 0.1) is 0 Å². The van der Waals surface area contributed by atoms with Crippen molar-refractivity contribution in [3.05, 3.63) is 24.3 Å². The van der Waals surface area contributed by atoms with Gasteiger partial charge in [-0.05, 0) is 12.1 Å². The molecule has 0 fully saturated rings. The van der Waals surface area contributed by atoms with Crippen LogP contribution in [0.15, 0.2) is 33.6 Å². The normalized spacial score (nSPS) is 16.7. The van der Waals surface area contributed by atoms with Gasteiger partial charge in [-0.3, -0.25) is 10.2 Å². The van der Waals surface area contributed by atoms with Gasteiger partial charge in [-0.1, -0.05) is 12.1 Å². The number of nitrogens with two attached hydrogens (primary N) is 1. The maximum Gasteiger partial charge on any atom is 0.301 e. The number of anilines is 1. The van der Waals surface area contributed by atoms with Crippen LogP contribution in [0.5, 0.6) is 0 Å². The van der Waals surface area contributed by atoms with Gasteiger partial charge in [0.15, 0.2) is 0 Å². The molecule has 0 aromatic heterocycles. The Bertz CT molecular complexity index is 579. The van der Waals surface area contributed by atoms with Crippen molar-refractivity contribution in [2.75, 3.05) is 5.32 Å². The molecule has 1 aromatic carbocycles. The first-order valence-electron chi connectivity index (χ1n) is 4.26. The maximum atomic E-state index is 11.7. The lowest BCUT2D eigenvalue weighted by Gasteiger charge is -2.16. The summed E-state index contributed by atoms with van der Waals surface area (Å²) in [6, 6.07) is 6.15. The molecule has 0 spiro atoms. The molecule has 1 aliphatic rings. The smallest absolute Gasteiger partial charge is 0.301 e. The van der Waals surface area contributed by atoms with Crippen LogP contribution < -0.4 is 16.6 Å². The van der Waals surface area contributed by atoms with Crippen molar-refractivity contribution in [1.29, 1.82) is 0 Å². The summed E-state index contributed by atoms with van der Waals surface area (Å²) in [5.41, 5.74) is 2.11. The van der Waals surface area contributed by atoms with Crippen LogP contribution in [0.3, 0.4) is 0 Å². The average Bonchev–Trinajstić information content (AvgIpc) is 2.27. The number of benzene rings is 1. The van der Waals surface area contributed by atoms with E-state index >= 15 is 0 Å². The molecule has 4 N–H and O–H groups in total. The second-order valence-corrected chi connectivity index (χ2v) is 4.58. The highest BCUT2D eigenvalue weighted by Gasteiger charge is 2.27. The summed E-state index contributed by atoms with van der Waals surface area (Å²) in [4.78, 5) is 11.2. The standard InChI is InChI=1S/C8H8N4O3S/c9-11-8(13)7-10-5-3-1-2-4-6(5)16(14,15)12-7/h1-4H,9H2,(H,10,12)(H,11,13). The van der Waals surface area contributed by atoms with Crippen LogP contribution in [0.4, 0.5) is 5.69 Å². The molecule has 1 amide bonds. The molecule has 0 radical (unpaired) electrons. The van der Waals surface area contributed by atoms with Crippen molar-refractivity contribution in [3.8, 4) is 0 Å². The van der Waals surface area contributed by atoms with Crippen molar-refractivity contribution < 1.29 is 13.2 Å². The number of fused-ring (bicyclic) bond motifs is 1. The molecule has 0 saturated heterocycles. The van der Waals surface area contributed by atoms with Gasteiger partial charge in [0.25, 0.3) is 10.0 Å². The molecule has 0 saturated carbocycles. The predicted molar refractivity (Wildman–Crippen MR) is 57.0 cm³/mol. The minimum absolute atomic E-state index is 0.0311. The zero-order valence-electron chi connectivity index (χ0n) is 7.97. The summed E-state index contributed by atoms with van der Waals surface area (Å²) in [5.74, 6) is 3.76. The van der Waals surface area contributed by atoms with Crippen molar-refractivity contribution >= 4 is 27.5 Å². The number of hydrogen-bond acceptors (Lipinski definition) is 5. The van der Waals surface area contributed by atoms with Gasteiger partial charge in [-0.15, -0.1) is 4.40 Å². The summed E-state index contributed by atoms with van der Waals surface area (Å²) in [5, 5.41) is 2.58. The minimum Gasteiger partial charge on any atom is -0.334 e. The van der Waals surface area contributed by atoms with Crippen molar-refractivity contribution in [2.45, 2.75) is 4.90 Å². The fourth-order valence-electron chi connectivity index (χ4n) is 1.28. The first-order valence-corrected chi connectivity index (χ1v) is 5.70. The largest absolute Gasteiger partial charge is 0.334 e. The Kier molecular flexibility index (Phi) is 2.37. The van der Waals surface area contributed by atoms with E-state index in [4.69, 9.17) is 5.84 Å². The molecule has 0 atom stereocenters. The molecule has 8 heteroatoms. The van der Waals surface area contributed by atoms with Crippen LogP contribution in [0.1, 0.15) is 0 Å². The lowest BCUT2D eigenvalue weighted by molar-refractivity contribution is -0.114.